The van der Waals surface area contributed by atoms with Gasteiger partial charge in [0.25, 0.3) is 15.9 Å². The zero-order valence-corrected chi connectivity index (χ0v) is 18.1. The van der Waals surface area contributed by atoms with Crippen molar-refractivity contribution < 1.29 is 30.4 Å². The van der Waals surface area contributed by atoms with Gasteiger partial charge < -0.3 is 0 Å². The van der Waals surface area contributed by atoms with Crippen LogP contribution in [0.5, 0.6) is 0 Å². The Morgan fingerprint density at radius 3 is 2.00 bits per heavy atom. The molecule has 3 rings (SSSR count). The molecule has 3 N–H and O–H groups in total. The maximum absolute atomic E-state index is 13.0. The Bertz CT molecular complexity index is 1170. The number of fused-ring (bicyclic) bond motifs is 1. The minimum absolute atomic E-state index is 0. The van der Waals surface area contributed by atoms with Crippen molar-refractivity contribution in [3.8, 4) is 0 Å². The molecule has 0 unspecified atom stereocenters. The van der Waals surface area contributed by atoms with Crippen molar-refractivity contribution in [3.63, 3.8) is 0 Å². The predicted molar refractivity (Wildman–Crippen MR) is 112 cm³/mol. The standard InChI is InChI=1S/C7H3BrFNO3S.C7H7BrFNO2S.2CH4/c8-4-2-6-3(1-5(4)9)7(11)10-14(6,12)13;1-4-2-6(9)5(8)3-7(4)13(10,11)12;;/h1-2H,(H,10,11);2-3H,1H3,(H2,10,11,12);2*1H4. The molecule has 2 aromatic carbocycles. The first-order chi connectivity index (χ1) is 12.2. The molecule has 1 aliphatic rings. The number of hydrogen-bond acceptors (Lipinski definition) is 5. The molecule has 0 saturated carbocycles. The van der Waals surface area contributed by atoms with Crippen LogP contribution in [0.2, 0.25) is 0 Å². The van der Waals surface area contributed by atoms with Crippen LogP contribution in [-0.2, 0) is 20.0 Å². The first-order valence-corrected chi connectivity index (χ1v) is 11.4. The number of nitrogens with one attached hydrogen (secondary N) is 1. The summed E-state index contributed by atoms with van der Waals surface area (Å²) in [5.41, 5.74) is 0.133. The first kappa shape index (κ1) is 27.6. The zero-order valence-electron chi connectivity index (χ0n) is 13.3. The lowest BCUT2D eigenvalue weighted by Gasteiger charge is -2.04. The molecule has 0 aliphatic carbocycles. The molecule has 162 valence electrons. The number of nitrogens with two attached hydrogens (primary N) is 1. The van der Waals surface area contributed by atoms with Gasteiger partial charge in [0, 0.05) is 0 Å². The zero-order chi connectivity index (χ0) is 20.7. The third-order valence-electron chi connectivity index (χ3n) is 3.31. The van der Waals surface area contributed by atoms with Crippen LogP contribution in [0.15, 0.2) is 43.0 Å². The summed E-state index contributed by atoms with van der Waals surface area (Å²) in [4.78, 5) is 10.8. The predicted octanol–water partition coefficient (Wildman–Crippen LogP) is 3.84. The summed E-state index contributed by atoms with van der Waals surface area (Å²) in [6.45, 7) is 1.48. The number of aryl methyl sites for hydroxylation is 1. The highest BCUT2D eigenvalue weighted by atomic mass is 79.9. The minimum Gasteiger partial charge on any atom is -0.268 e. The van der Waals surface area contributed by atoms with Crippen molar-refractivity contribution in [2.75, 3.05) is 0 Å². The van der Waals surface area contributed by atoms with Crippen molar-refractivity contribution in [2.45, 2.75) is 31.6 Å². The fourth-order valence-electron chi connectivity index (χ4n) is 2.09. The number of halogens is 4. The quantitative estimate of drug-likeness (QED) is 0.531. The fourth-order valence-corrected chi connectivity index (χ4v) is 5.05. The third kappa shape index (κ3) is 6.04. The molecule has 0 fully saturated rings. The molecule has 13 heteroatoms. The molecule has 0 aromatic heterocycles. The lowest BCUT2D eigenvalue weighted by Crippen LogP contribution is -2.20. The van der Waals surface area contributed by atoms with Crippen LogP contribution < -0.4 is 9.86 Å². The van der Waals surface area contributed by atoms with E-state index in [0.29, 0.717) is 5.56 Å². The summed E-state index contributed by atoms with van der Waals surface area (Å²) in [6.07, 6.45) is 0. The molecule has 1 heterocycles. The van der Waals surface area contributed by atoms with Crippen molar-refractivity contribution in [1.82, 2.24) is 4.72 Å². The molecule has 1 amide bonds. The van der Waals surface area contributed by atoms with Gasteiger partial charge in [-0.1, -0.05) is 14.9 Å². The number of carbonyl (C=O) groups is 1. The number of rotatable bonds is 1. The molecule has 7 nitrogen and oxygen atoms in total. The molecule has 0 spiro atoms. The SMILES string of the molecule is C.C.Cc1cc(F)c(Br)cc1S(N)(=O)=O.O=C1NS(=O)(=O)c2cc(Br)c(F)cc21. The van der Waals surface area contributed by atoms with E-state index in [1.165, 1.54) is 6.92 Å². The molecule has 0 atom stereocenters. The van der Waals surface area contributed by atoms with E-state index in [-0.39, 0.29) is 39.2 Å². The largest absolute Gasteiger partial charge is 0.268 e. The molecule has 2 aromatic rings. The van der Waals surface area contributed by atoms with Crippen molar-refractivity contribution in [3.05, 3.63) is 56.0 Å². The number of primary sulfonamides is 1. The molecule has 0 bridgehead atoms. The van der Waals surface area contributed by atoms with Gasteiger partial charge in [0.15, 0.2) is 0 Å². The van der Waals surface area contributed by atoms with E-state index in [1.807, 2.05) is 0 Å². The summed E-state index contributed by atoms with van der Waals surface area (Å²) in [5, 5.41) is 4.91. The van der Waals surface area contributed by atoms with Gasteiger partial charge in [-0.25, -0.2) is 35.5 Å². The summed E-state index contributed by atoms with van der Waals surface area (Å²) in [6, 6.07) is 4.22. The van der Waals surface area contributed by atoms with E-state index in [1.54, 1.807) is 4.72 Å². The second-order valence-electron chi connectivity index (χ2n) is 5.27. The molecule has 1 aliphatic heterocycles. The Morgan fingerprint density at radius 2 is 1.48 bits per heavy atom. The van der Waals surface area contributed by atoms with Crippen LogP contribution in [0.1, 0.15) is 30.8 Å². The molecular formula is C16H18Br2F2N2O5S2. The minimum atomic E-state index is -3.79. The maximum Gasteiger partial charge on any atom is 0.266 e. The molecule has 0 radical (unpaired) electrons. The van der Waals surface area contributed by atoms with Gasteiger partial charge >= 0.3 is 0 Å². The summed E-state index contributed by atoms with van der Waals surface area (Å²) >= 11 is 5.72. The number of sulfonamides is 2. The molecule has 0 saturated heterocycles. The first-order valence-electron chi connectivity index (χ1n) is 6.78. The Morgan fingerprint density at radius 1 is 1.00 bits per heavy atom. The third-order valence-corrected chi connectivity index (χ3v) is 6.95. The van der Waals surface area contributed by atoms with Crippen LogP contribution in [0, 0.1) is 18.6 Å². The average molecular weight is 580 g/mol. The van der Waals surface area contributed by atoms with Crippen molar-refractivity contribution >= 4 is 57.8 Å². The van der Waals surface area contributed by atoms with Gasteiger partial charge in [-0.3, -0.25) is 4.79 Å². The maximum atomic E-state index is 13.0. The normalized spacial score (nSPS) is 13.8. The Labute approximate surface area is 185 Å². The average Bonchev–Trinajstić information content (AvgIpc) is 2.72. The summed E-state index contributed by atoms with van der Waals surface area (Å²) < 4.78 is 72.1. The lowest BCUT2D eigenvalue weighted by molar-refractivity contribution is 0.0984. The lowest BCUT2D eigenvalue weighted by atomic mass is 10.2. The van der Waals surface area contributed by atoms with E-state index in [4.69, 9.17) is 5.14 Å². The highest BCUT2D eigenvalue weighted by molar-refractivity contribution is 9.10. The Hall–Kier alpha value is -1.41. The summed E-state index contributed by atoms with van der Waals surface area (Å²) in [7, 11) is -7.56. The van der Waals surface area contributed by atoms with Gasteiger partial charge in [0.1, 0.15) is 16.5 Å². The van der Waals surface area contributed by atoms with Gasteiger partial charge in [-0.05, 0) is 68.6 Å². The van der Waals surface area contributed by atoms with E-state index in [9.17, 15) is 30.4 Å². The number of carbonyl (C=O) groups excluding carboxylic acids is 1. The topological polar surface area (TPSA) is 123 Å². The highest BCUT2D eigenvalue weighted by Gasteiger charge is 2.33. The monoisotopic (exact) mass is 578 g/mol. The van der Waals surface area contributed by atoms with Gasteiger partial charge in [-0.2, -0.15) is 0 Å². The second-order valence-corrected chi connectivity index (χ2v) is 10.2. The van der Waals surface area contributed by atoms with Crippen LogP contribution >= 0.6 is 31.9 Å². The van der Waals surface area contributed by atoms with E-state index >= 15 is 0 Å². The van der Waals surface area contributed by atoms with E-state index in [0.717, 1.165) is 24.3 Å². The van der Waals surface area contributed by atoms with Crippen molar-refractivity contribution in [1.29, 1.82) is 0 Å². The Kier molecular flexibility index (Phi) is 9.13. The molecule has 29 heavy (non-hydrogen) atoms. The Balaban J connectivity index is 0.000000507. The van der Waals surface area contributed by atoms with Crippen molar-refractivity contribution in [2.24, 2.45) is 5.14 Å². The van der Waals surface area contributed by atoms with E-state index < -0.39 is 37.6 Å². The van der Waals surface area contributed by atoms with Gasteiger partial charge in [0.05, 0.1) is 19.4 Å². The van der Waals surface area contributed by atoms with Crippen LogP contribution in [-0.4, -0.2) is 22.7 Å². The second kappa shape index (κ2) is 9.60. The smallest absolute Gasteiger partial charge is 0.266 e. The van der Waals surface area contributed by atoms with Crippen LogP contribution in [0.4, 0.5) is 8.78 Å². The molecular weight excluding hydrogens is 562 g/mol. The number of benzene rings is 2. The van der Waals surface area contributed by atoms with Crippen LogP contribution in [0.25, 0.3) is 0 Å². The fraction of sp³-hybridized carbons (Fsp3) is 0.188. The van der Waals surface area contributed by atoms with Crippen LogP contribution in [0.3, 0.4) is 0 Å². The highest BCUT2D eigenvalue weighted by Crippen LogP contribution is 2.28. The van der Waals surface area contributed by atoms with Gasteiger partial charge in [-0.15, -0.1) is 0 Å². The number of hydrogen-bond donors (Lipinski definition) is 2. The van der Waals surface area contributed by atoms with Gasteiger partial charge in [0.2, 0.25) is 10.0 Å². The number of amides is 1. The summed E-state index contributed by atoms with van der Waals surface area (Å²) in [5.74, 6) is -1.98. The van der Waals surface area contributed by atoms with E-state index in [2.05, 4.69) is 31.9 Å².